The van der Waals surface area contributed by atoms with Gasteiger partial charge in [0.05, 0.1) is 11.3 Å². The number of aromatic carboxylic acids is 1. The first-order valence-electron chi connectivity index (χ1n) is 8.24. The third kappa shape index (κ3) is 3.91. The Labute approximate surface area is 146 Å². The van der Waals surface area contributed by atoms with Crippen molar-refractivity contribution in [2.24, 2.45) is 0 Å². The van der Waals surface area contributed by atoms with Gasteiger partial charge in [-0.3, -0.25) is 4.79 Å². The average molecular weight is 339 g/mol. The third-order valence-corrected chi connectivity index (χ3v) is 4.29. The number of carboxylic acids is 1. The molecule has 2 aromatic rings. The van der Waals surface area contributed by atoms with E-state index in [9.17, 15) is 14.7 Å². The Morgan fingerprint density at radius 2 is 1.60 bits per heavy atom. The molecule has 6 heteroatoms. The fourth-order valence-electron chi connectivity index (χ4n) is 3.11. The summed E-state index contributed by atoms with van der Waals surface area (Å²) in [5.41, 5.74) is 2.58. The predicted octanol–water partition coefficient (Wildman–Crippen LogP) is 2.67. The number of nitrogens with zero attached hydrogens (tertiary/aromatic N) is 2. The number of carbonyl (C=O) groups excluding carboxylic acids is 1. The van der Waals surface area contributed by atoms with Gasteiger partial charge in [-0.15, -0.1) is 0 Å². The molecule has 0 aliphatic carbocycles. The summed E-state index contributed by atoms with van der Waals surface area (Å²) in [7, 11) is 0. The van der Waals surface area contributed by atoms with Crippen molar-refractivity contribution in [1.82, 2.24) is 0 Å². The smallest absolute Gasteiger partial charge is 0.337 e. The molecule has 130 valence electrons. The lowest BCUT2D eigenvalue weighted by Gasteiger charge is -2.38. The van der Waals surface area contributed by atoms with Gasteiger partial charge in [0.15, 0.2) is 0 Å². The van der Waals surface area contributed by atoms with Gasteiger partial charge in [-0.1, -0.05) is 18.2 Å². The van der Waals surface area contributed by atoms with E-state index in [1.54, 1.807) is 12.1 Å². The van der Waals surface area contributed by atoms with Crippen molar-refractivity contribution in [1.29, 1.82) is 0 Å². The number of benzene rings is 2. The van der Waals surface area contributed by atoms with Crippen molar-refractivity contribution >= 4 is 28.9 Å². The molecule has 0 unspecified atom stereocenters. The molecule has 0 aromatic heterocycles. The van der Waals surface area contributed by atoms with Crippen LogP contribution < -0.4 is 15.1 Å². The van der Waals surface area contributed by atoms with Crippen LogP contribution in [0.25, 0.3) is 0 Å². The molecule has 1 amide bonds. The molecule has 3 rings (SSSR count). The second-order valence-corrected chi connectivity index (χ2v) is 6.03. The molecule has 1 aliphatic rings. The Morgan fingerprint density at radius 1 is 0.960 bits per heavy atom. The first-order chi connectivity index (χ1) is 12.0. The number of nitrogens with one attached hydrogen (secondary N) is 1. The van der Waals surface area contributed by atoms with Gasteiger partial charge < -0.3 is 20.2 Å². The molecular weight excluding hydrogens is 318 g/mol. The SMILES string of the molecule is CC(=O)Nc1ccc(N2CCN(c3ccccc3)CC2)c(C(=O)O)c1. The van der Waals surface area contributed by atoms with E-state index in [1.165, 1.54) is 18.7 Å². The maximum Gasteiger partial charge on any atom is 0.337 e. The molecule has 1 fully saturated rings. The molecule has 1 aliphatic heterocycles. The monoisotopic (exact) mass is 339 g/mol. The van der Waals surface area contributed by atoms with Crippen LogP contribution in [0.15, 0.2) is 48.5 Å². The molecule has 0 atom stereocenters. The fraction of sp³-hybridized carbons (Fsp3) is 0.263. The van der Waals surface area contributed by atoms with Gasteiger partial charge in [-0.25, -0.2) is 4.79 Å². The van der Waals surface area contributed by atoms with Crippen molar-refractivity contribution < 1.29 is 14.7 Å². The maximum absolute atomic E-state index is 11.6. The molecule has 25 heavy (non-hydrogen) atoms. The highest BCUT2D eigenvalue weighted by atomic mass is 16.4. The average Bonchev–Trinajstić information content (AvgIpc) is 2.62. The number of hydrogen-bond donors (Lipinski definition) is 2. The Morgan fingerprint density at radius 3 is 2.20 bits per heavy atom. The number of carboxylic acid groups (broad SMARTS) is 1. The summed E-state index contributed by atoms with van der Waals surface area (Å²) in [6.07, 6.45) is 0. The van der Waals surface area contributed by atoms with Crippen molar-refractivity contribution in [2.75, 3.05) is 41.3 Å². The van der Waals surface area contributed by atoms with Crippen LogP contribution in [0.1, 0.15) is 17.3 Å². The summed E-state index contributed by atoms with van der Waals surface area (Å²) >= 11 is 0. The summed E-state index contributed by atoms with van der Waals surface area (Å²) in [5, 5.41) is 12.2. The van der Waals surface area contributed by atoms with Crippen LogP contribution in [0.2, 0.25) is 0 Å². The maximum atomic E-state index is 11.6. The summed E-state index contributed by atoms with van der Waals surface area (Å²) < 4.78 is 0. The van der Waals surface area contributed by atoms with Gasteiger partial charge in [0.1, 0.15) is 0 Å². The van der Waals surface area contributed by atoms with E-state index in [4.69, 9.17) is 0 Å². The van der Waals surface area contributed by atoms with Crippen LogP contribution in [-0.4, -0.2) is 43.2 Å². The molecule has 2 aromatic carbocycles. The van der Waals surface area contributed by atoms with E-state index < -0.39 is 5.97 Å². The van der Waals surface area contributed by atoms with Crippen LogP contribution >= 0.6 is 0 Å². The van der Waals surface area contributed by atoms with E-state index in [2.05, 4.69) is 27.2 Å². The van der Waals surface area contributed by atoms with Gasteiger partial charge in [0.25, 0.3) is 0 Å². The van der Waals surface area contributed by atoms with E-state index >= 15 is 0 Å². The molecular formula is C19H21N3O3. The molecule has 1 heterocycles. The lowest BCUT2D eigenvalue weighted by molar-refractivity contribution is -0.114. The number of anilines is 3. The zero-order chi connectivity index (χ0) is 17.8. The lowest BCUT2D eigenvalue weighted by atomic mass is 10.1. The number of para-hydroxylation sites is 1. The topological polar surface area (TPSA) is 72.9 Å². The number of amides is 1. The standard InChI is InChI=1S/C19H21N3O3/c1-14(23)20-15-7-8-18(17(13-15)19(24)25)22-11-9-21(10-12-22)16-5-3-2-4-6-16/h2-8,13H,9-12H2,1H3,(H,20,23)(H,24,25). The highest BCUT2D eigenvalue weighted by Gasteiger charge is 2.22. The van der Waals surface area contributed by atoms with Crippen molar-refractivity contribution in [3.63, 3.8) is 0 Å². The van der Waals surface area contributed by atoms with Gasteiger partial charge in [-0.05, 0) is 30.3 Å². The van der Waals surface area contributed by atoms with Gasteiger partial charge in [0, 0.05) is 44.5 Å². The van der Waals surface area contributed by atoms with Crippen LogP contribution in [0, 0.1) is 0 Å². The number of carbonyl (C=O) groups is 2. The Balaban J connectivity index is 1.76. The quantitative estimate of drug-likeness (QED) is 0.896. The molecule has 0 radical (unpaired) electrons. The van der Waals surface area contributed by atoms with Crippen LogP contribution in [0.3, 0.4) is 0 Å². The van der Waals surface area contributed by atoms with E-state index in [-0.39, 0.29) is 11.5 Å². The minimum atomic E-state index is -0.993. The largest absolute Gasteiger partial charge is 0.478 e. The number of piperazine rings is 1. The Hall–Kier alpha value is -3.02. The number of rotatable bonds is 4. The molecule has 0 spiro atoms. The van der Waals surface area contributed by atoms with Crippen LogP contribution in [0.5, 0.6) is 0 Å². The minimum Gasteiger partial charge on any atom is -0.478 e. The van der Waals surface area contributed by atoms with Crippen molar-refractivity contribution in [3.05, 3.63) is 54.1 Å². The van der Waals surface area contributed by atoms with E-state index in [0.717, 1.165) is 26.2 Å². The van der Waals surface area contributed by atoms with Gasteiger partial charge in [-0.2, -0.15) is 0 Å². The molecule has 2 N–H and O–H groups in total. The Kier molecular flexibility index (Phi) is 4.88. The lowest BCUT2D eigenvalue weighted by Crippen LogP contribution is -2.47. The van der Waals surface area contributed by atoms with E-state index in [1.807, 2.05) is 18.2 Å². The van der Waals surface area contributed by atoms with Gasteiger partial charge >= 0.3 is 5.97 Å². The van der Waals surface area contributed by atoms with Crippen LogP contribution in [-0.2, 0) is 4.79 Å². The summed E-state index contributed by atoms with van der Waals surface area (Å²) in [6.45, 7) is 4.55. The van der Waals surface area contributed by atoms with Crippen molar-refractivity contribution in [3.8, 4) is 0 Å². The first-order valence-corrected chi connectivity index (χ1v) is 8.24. The molecule has 0 saturated carbocycles. The summed E-state index contributed by atoms with van der Waals surface area (Å²) in [5.74, 6) is -1.21. The minimum absolute atomic E-state index is 0.208. The highest BCUT2D eigenvalue weighted by molar-refractivity contribution is 5.97. The molecule has 6 nitrogen and oxygen atoms in total. The second kappa shape index (κ2) is 7.25. The highest BCUT2D eigenvalue weighted by Crippen LogP contribution is 2.27. The normalized spacial score (nSPS) is 14.3. The van der Waals surface area contributed by atoms with Gasteiger partial charge in [0.2, 0.25) is 5.91 Å². The Bertz CT molecular complexity index is 769. The number of hydrogen-bond acceptors (Lipinski definition) is 4. The molecule has 1 saturated heterocycles. The second-order valence-electron chi connectivity index (χ2n) is 6.03. The summed E-state index contributed by atoms with van der Waals surface area (Å²) in [6, 6.07) is 15.2. The predicted molar refractivity (Wildman–Crippen MR) is 98.6 cm³/mol. The fourth-order valence-corrected chi connectivity index (χ4v) is 3.11. The first kappa shape index (κ1) is 16.8. The zero-order valence-electron chi connectivity index (χ0n) is 14.1. The van der Waals surface area contributed by atoms with Crippen molar-refractivity contribution in [2.45, 2.75) is 6.92 Å². The van der Waals surface area contributed by atoms with Crippen LogP contribution in [0.4, 0.5) is 17.1 Å². The molecule has 0 bridgehead atoms. The zero-order valence-corrected chi connectivity index (χ0v) is 14.1. The third-order valence-electron chi connectivity index (χ3n) is 4.29. The summed E-state index contributed by atoms with van der Waals surface area (Å²) in [4.78, 5) is 27.2. The van der Waals surface area contributed by atoms with E-state index in [0.29, 0.717) is 11.4 Å².